The van der Waals surface area contributed by atoms with E-state index >= 15 is 0 Å². The minimum absolute atomic E-state index is 0.341. The number of benzene rings is 2. The highest BCUT2D eigenvalue weighted by Gasteiger charge is 2.23. The highest BCUT2D eigenvalue weighted by atomic mass is 32.2. The second-order valence-electron chi connectivity index (χ2n) is 10.4. The summed E-state index contributed by atoms with van der Waals surface area (Å²) in [5.74, 6) is 4.89. The lowest BCUT2D eigenvalue weighted by Gasteiger charge is -2.28. The van der Waals surface area contributed by atoms with Gasteiger partial charge in [0.1, 0.15) is 11.5 Å². The minimum Gasteiger partial charge on any atom is -0.493 e. The maximum atomic E-state index is 12.6. The smallest absolute Gasteiger partial charge is 0.343 e. The molecule has 0 amide bonds. The van der Waals surface area contributed by atoms with E-state index in [-0.39, 0.29) is 5.97 Å². The molecule has 0 radical (unpaired) electrons. The van der Waals surface area contributed by atoms with Gasteiger partial charge in [0.15, 0.2) is 0 Å². The lowest BCUT2D eigenvalue weighted by atomic mass is 10.0. The predicted octanol–water partition coefficient (Wildman–Crippen LogP) is 9.96. The third-order valence-electron chi connectivity index (χ3n) is 7.12. The maximum Gasteiger partial charge on any atom is 0.343 e. The third-order valence-corrected chi connectivity index (χ3v) is 10.4. The second kappa shape index (κ2) is 17.1. The highest BCUT2D eigenvalue weighted by molar-refractivity contribution is 8.16. The zero-order chi connectivity index (χ0) is 26.3. The number of esters is 1. The van der Waals surface area contributed by atoms with Gasteiger partial charge in [0.05, 0.1) is 16.8 Å². The molecule has 2 aromatic carbocycles. The first-order chi connectivity index (χ1) is 18.1. The summed E-state index contributed by atoms with van der Waals surface area (Å²) in [7, 11) is 0. The summed E-state index contributed by atoms with van der Waals surface area (Å²) in [4.78, 5) is 12.6. The molecule has 3 nitrogen and oxygen atoms in total. The van der Waals surface area contributed by atoms with Crippen LogP contribution in [0.1, 0.15) is 105 Å². The molecule has 0 saturated carbocycles. The number of carbonyl (C=O) groups is 1. The van der Waals surface area contributed by atoms with E-state index in [9.17, 15) is 4.79 Å². The van der Waals surface area contributed by atoms with Crippen molar-refractivity contribution >= 4 is 29.5 Å². The van der Waals surface area contributed by atoms with Gasteiger partial charge in [-0.2, -0.15) is 0 Å². The Labute approximate surface area is 233 Å². The summed E-state index contributed by atoms with van der Waals surface area (Å²) in [6, 6.07) is 15.3. The Balaban J connectivity index is 1.35. The van der Waals surface area contributed by atoms with Crippen molar-refractivity contribution in [1.82, 2.24) is 0 Å². The Kier molecular flexibility index (Phi) is 13.8. The van der Waals surface area contributed by atoms with Crippen molar-refractivity contribution in [2.75, 3.05) is 18.1 Å². The van der Waals surface area contributed by atoms with Crippen molar-refractivity contribution in [2.24, 2.45) is 11.8 Å². The van der Waals surface area contributed by atoms with E-state index in [0.717, 1.165) is 18.1 Å². The molecule has 1 saturated heterocycles. The van der Waals surface area contributed by atoms with E-state index in [0.29, 0.717) is 28.4 Å². The summed E-state index contributed by atoms with van der Waals surface area (Å²) in [5, 5.41) is 0. The molecule has 0 spiro atoms. The molecule has 0 bridgehead atoms. The van der Waals surface area contributed by atoms with Gasteiger partial charge in [-0.15, -0.1) is 23.5 Å². The molecule has 3 rings (SSSR count). The predicted molar refractivity (Wildman–Crippen MR) is 161 cm³/mol. The molecule has 1 heterocycles. The molecule has 1 atom stereocenters. The Bertz CT molecular complexity index is 889. The van der Waals surface area contributed by atoms with Gasteiger partial charge in [-0.05, 0) is 71.7 Å². The van der Waals surface area contributed by atoms with E-state index in [1.54, 1.807) is 12.1 Å². The highest BCUT2D eigenvalue weighted by Crippen LogP contribution is 2.46. The average Bonchev–Trinajstić information content (AvgIpc) is 2.94. The van der Waals surface area contributed by atoms with Crippen LogP contribution < -0.4 is 9.47 Å². The van der Waals surface area contributed by atoms with Crippen LogP contribution >= 0.6 is 23.5 Å². The zero-order valence-electron chi connectivity index (χ0n) is 23.1. The van der Waals surface area contributed by atoms with E-state index in [2.05, 4.69) is 56.4 Å². The van der Waals surface area contributed by atoms with Gasteiger partial charge in [-0.25, -0.2) is 4.79 Å². The van der Waals surface area contributed by atoms with Crippen LogP contribution in [0.3, 0.4) is 0 Å². The minimum atomic E-state index is -0.341. The lowest BCUT2D eigenvalue weighted by Crippen LogP contribution is -2.14. The van der Waals surface area contributed by atoms with Gasteiger partial charge in [0.2, 0.25) is 0 Å². The Morgan fingerprint density at radius 2 is 1.43 bits per heavy atom. The van der Waals surface area contributed by atoms with Gasteiger partial charge in [-0.1, -0.05) is 90.7 Å². The molecule has 0 N–H and O–H groups in total. The molecular weight excluding hydrogens is 496 g/mol. The quantitative estimate of drug-likeness (QED) is 0.120. The van der Waals surface area contributed by atoms with Crippen LogP contribution in [0, 0.1) is 11.8 Å². The maximum absolute atomic E-state index is 12.6. The summed E-state index contributed by atoms with van der Waals surface area (Å²) in [6.45, 7) is 7.29. The largest absolute Gasteiger partial charge is 0.493 e. The number of thioether (sulfide) groups is 2. The number of ether oxygens (including phenoxy) is 2. The lowest BCUT2D eigenvalue weighted by molar-refractivity contribution is 0.0734. The first-order valence-electron chi connectivity index (χ1n) is 14.4. The number of carbonyl (C=O) groups excluding carboxylic acids is 1. The topological polar surface area (TPSA) is 35.5 Å². The second-order valence-corrected chi connectivity index (χ2v) is 13.0. The molecule has 5 heteroatoms. The van der Waals surface area contributed by atoms with Crippen LogP contribution in [-0.4, -0.2) is 24.1 Å². The van der Waals surface area contributed by atoms with E-state index < -0.39 is 0 Å². The van der Waals surface area contributed by atoms with E-state index in [1.807, 2.05) is 24.3 Å². The normalized spacial score (nSPS) is 18.4. The average molecular weight is 543 g/mol. The van der Waals surface area contributed by atoms with Crippen molar-refractivity contribution in [2.45, 2.75) is 89.6 Å². The SMILES string of the molecule is CCCCCCCCCCC1CSC(c2ccc(OC(=O)c3ccc(OCC(C)CC)cc3)cc2)SC1. The zero-order valence-corrected chi connectivity index (χ0v) is 24.7. The van der Waals surface area contributed by atoms with E-state index in [1.165, 1.54) is 74.9 Å². The summed E-state index contributed by atoms with van der Waals surface area (Å²) in [5.41, 5.74) is 1.84. The fourth-order valence-electron chi connectivity index (χ4n) is 4.37. The molecule has 0 aromatic heterocycles. The summed E-state index contributed by atoms with van der Waals surface area (Å²) < 4.78 is 11.9. The van der Waals surface area contributed by atoms with Gasteiger partial charge in [-0.3, -0.25) is 0 Å². The van der Waals surface area contributed by atoms with Crippen LogP contribution in [0.5, 0.6) is 11.5 Å². The molecule has 2 aromatic rings. The van der Waals surface area contributed by atoms with Gasteiger partial charge < -0.3 is 9.47 Å². The first kappa shape index (κ1) is 30.0. The standard InChI is InChI=1S/C32H46O3S2/c1-4-6-7-8-9-10-11-12-13-26-23-36-32(37-24-26)28-16-20-30(21-17-28)35-31(33)27-14-18-29(19-15-27)34-22-25(3)5-2/h14-21,25-26,32H,4-13,22-24H2,1-3H3. The molecule has 1 aliphatic rings. The van der Waals surface area contributed by atoms with Gasteiger partial charge in [0, 0.05) is 0 Å². The summed E-state index contributed by atoms with van der Waals surface area (Å²) in [6.07, 6.45) is 13.6. The number of unbranched alkanes of at least 4 members (excludes halogenated alkanes) is 7. The van der Waals surface area contributed by atoms with Crippen molar-refractivity contribution in [3.63, 3.8) is 0 Å². The fourth-order valence-corrected chi connectivity index (χ4v) is 7.54. The fraction of sp³-hybridized carbons (Fsp3) is 0.594. The molecule has 204 valence electrons. The number of rotatable bonds is 16. The van der Waals surface area contributed by atoms with Gasteiger partial charge in [0.25, 0.3) is 0 Å². The van der Waals surface area contributed by atoms with Crippen molar-refractivity contribution in [3.05, 3.63) is 59.7 Å². The molecular formula is C32H46O3S2. The molecule has 1 aliphatic heterocycles. The van der Waals surface area contributed by atoms with Crippen LogP contribution in [0.15, 0.2) is 48.5 Å². The van der Waals surface area contributed by atoms with Crippen LogP contribution in [-0.2, 0) is 0 Å². The monoisotopic (exact) mass is 542 g/mol. The molecule has 1 unspecified atom stereocenters. The molecule has 1 fully saturated rings. The molecule has 37 heavy (non-hydrogen) atoms. The van der Waals surface area contributed by atoms with Crippen molar-refractivity contribution in [1.29, 1.82) is 0 Å². The Morgan fingerprint density at radius 1 is 0.838 bits per heavy atom. The third kappa shape index (κ3) is 11.0. The van der Waals surface area contributed by atoms with Crippen LogP contribution in [0.4, 0.5) is 0 Å². The van der Waals surface area contributed by atoms with E-state index in [4.69, 9.17) is 9.47 Å². The van der Waals surface area contributed by atoms with Gasteiger partial charge >= 0.3 is 5.97 Å². The molecule has 0 aliphatic carbocycles. The van der Waals surface area contributed by atoms with Crippen molar-refractivity contribution < 1.29 is 14.3 Å². The Morgan fingerprint density at radius 3 is 2.05 bits per heavy atom. The van der Waals surface area contributed by atoms with Crippen LogP contribution in [0.25, 0.3) is 0 Å². The number of hydrogen-bond donors (Lipinski definition) is 0. The number of hydrogen-bond acceptors (Lipinski definition) is 5. The van der Waals surface area contributed by atoms with Crippen LogP contribution in [0.2, 0.25) is 0 Å². The Hall–Kier alpha value is -1.59. The first-order valence-corrected chi connectivity index (χ1v) is 16.5. The van der Waals surface area contributed by atoms with Crippen molar-refractivity contribution in [3.8, 4) is 11.5 Å². The summed E-state index contributed by atoms with van der Waals surface area (Å²) >= 11 is 4.14.